The number of rotatable bonds is 4. The molecule has 0 saturated carbocycles. The molecule has 0 saturated heterocycles. The molecule has 2 heterocycles. The molecule has 0 fully saturated rings. The standard InChI is InChI=1S/C11H13N5O3/c1-3-16(11-12-4-5-13-11)9(17)8-14-6-7(15-8)10(18)19-2/h4-6H,3H2,1-2H3,(H,12,13)(H,14,15). The van der Waals surface area contributed by atoms with Crippen molar-refractivity contribution in [3.05, 3.63) is 30.1 Å². The normalized spacial score (nSPS) is 10.2. The second-order valence-corrected chi connectivity index (χ2v) is 3.59. The zero-order chi connectivity index (χ0) is 13.8. The lowest BCUT2D eigenvalue weighted by molar-refractivity contribution is 0.0594. The Hall–Kier alpha value is -2.64. The van der Waals surface area contributed by atoms with Crippen LogP contribution in [0.25, 0.3) is 0 Å². The quantitative estimate of drug-likeness (QED) is 0.785. The number of ether oxygens (including phenoxy) is 1. The molecule has 8 nitrogen and oxygen atoms in total. The van der Waals surface area contributed by atoms with Gasteiger partial charge in [-0.15, -0.1) is 0 Å². The number of carbonyl (C=O) groups excluding carboxylic acids is 2. The van der Waals surface area contributed by atoms with Gasteiger partial charge in [-0.3, -0.25) is 9.69 Å². The monoisotopic (exact) mass is 263 g/mol. The van der Waals surface area contributed by atoms with Gasteiger partial charge in [-0.2, -0.15) is 0 Å². The fraction of sp³-hybridized carbons (Fsp3) is 0.273. The molecule has 8 heteroatoms. The summed E-state index contributed by atoms with van der Waals surface area (Å²) in [5, 5.41) is 0. The van der Waals surface area contributed by atoms with E-state index in [1.54, 1.807) is 12.4 Å². The third kappa shape index (κ3) is 2.46. The van der Waals surface area contributed by atoms with Gasteiger partial charge in [0, 0.05) is 25.1 Å². The summed E-state index contributed by atoms with van der Waals surface area (Å²) in [6, 6.07) is 0. The van der Waals surface area contributed by atoms with Crippen molar-refractivity contribution >= 4 is 17.8 Å². The Morgan fingerprint density at radius 2 is 2.21 bits per heavy atom. The number of carbonyl (C=O) groups is 2. The maximum Gasteiger partial charge on any atom is 0.358 e. The van der Waals surface area contributed by atoms with Crippen molar-refractivity contribution < 1.29 is 14.3 Å². The van der Waals surface area contributed by atoms with E-state index in [4.69, 9.17) is 0 Å². The maximum atomic E-state index is 12.2. The van der Waals surface area contributed by atoms with Crippen LogP contribution >= 0.6 is 0 Å². The van der Waals surface area contributed by atoms with Gasteiger partial charge in [0.2, 0.25) is 5.95 Å². The number of anilines is 1. The third-order valence-electron chi connectivity index (χ3n) is 2.48. The lowest BCUT2D eigenvalue weighted by Gasteiger charge is -2.15. The number of nitrogens with one attached hydrogen (secondary N) is 2. The van der Waals surface area contributed by atoms with Crippen LogP contribution in [0.15, 0.2) is 18.6 Å². The van der Waals surface area contributed by atoms with Gasteiger partial charge in [0.25, 0.3) is 5.91 Å². The van der Waals surface area contributed by atoms with Crippen molar-refractivity contribution in [2.45, 2.75) is 6.92 Å². The van der Waals surface area contributed by atoms with Gasteiger partial charge in [0.1, 0.15) is 0 Å². The summed E-state index contributed by atoms with van der Waals surface area (Å²) in [7, 11) is 1.25. The number of nitrogens with zero attached hydrogens (tertiary/aromatic N) is 3. The SMILES string of the molecule is CCN(C(=O)c1nc(C(=O)OC)c[nH]1)c1ncc[nH]1. The van der Waals surface area contributed by atoms with Crippen molar-refractivity contribution in [3.63, 3.8) is 0 Å². The first-order valence-electron chi connectivity index (χ1n) is 5.62. The highest BCUT2D eigenvalue weighted by atomic mass is 16.5. The van der Waals surface area contributed by atoms with Crippen LogP contribution in [0, 0.1) is 0 Å². The maximum absolute atomic E-state index is 12.2. The van der Waals surface area contributed by atoms with Crippen molar-refractivity contribution in [1.82, 2.24) is 19.9 Å². The van der Waals surface area contributed by atoms with E-state index in [-0.39, 0.29) is 17.4 Å². The number of hydrogen-bond donors (Lipinski definition) is 2. The summed E-state index contributed by atoms with van der Waals surface area (Å²) < 4.78 is 4.52. The zero-order valence-electron chi connectivity index (χ0n) is 10.5. The molecular weight excluding hydrogens is 250 g/mol. The highest BCUT2D eigenvalue weighted by Crippen LogP contribution is 2.10. The van der Waals surface area contributed by atoms with Gasteiger partial charge in [-0.1, -0.05) is 0 Å². The molecule has 2 rings (SSSR count). The highest BCUT2D eigenvalue weighted by molar-refractivity contribution is 6.03. The fourth-order valence-corrected chi connectivity index (χ4v) is 1.56. The van der Waals surface area contributed by atoms with Gasteiger partial charge in [-0.25, -0.2) is 14.8 Å². The van der Waals surface area contributed by atoms with E-state index in [9.17, 15) is 9.59 Å². The first-order valence-corrected chi connectivity index (χ1v) is 5.62. The largest absolute Gasteiger partial charge is 0.464 e. The van der Waals surface area contributed by atoms with E-state index in [0.717, 1.165) is 0 Å². The minimum Gasteiger partial charge on any atom is -0.464 e. The Bertz CT molecular complexity index is 575. The number of imidazole rings is 2. The predicted molar refractivity (Wildman–Crippen MR) is 65.9 cm³/mol. The molecule has 0 radical (unpaired) electrons. The van der Waals surface area contributed by atoms with Crippen LogP contribution in [0.2, 0.25) is 0 Å². The van der Waals surface area contributed by atoms with Crippen molar-refractivity contribution in [1.29, 1.82) is 0 Å². The highest BCUT2D eigenvalue weighted by Gasteiger charge is 2.22. The first kappa shape index (κ1) is 12.8. The third-order valence-corrected chi connectivity index (χ3v) is 2.48. The summed E-state index contributed by atoms with van der Waals surface area (Å²) in [5.74, 6) is -0.508. The smallest absolute Gasteiger partial charge is 0.358 e. The van der Waals surface area contributed by atoms with Crippen molar-refractivity contribution in [2.75, 3.05) is 18.6 Å². The van der Waals surface area contributed by atoms with Crippen LogP contribution in [0.5, 0.6) is 0 Å². The van der Waals surface area contributed by atoms with Crippen LogP contribution in [0.4, 0.5) is 5.95 Å². The van der Waals surface area contributed by atoms with E-state index in [1.165, 1.54) is 18.2 Å². The predicted octanol–water partition coefficient (Wildman–Crippen LogP) is 0.586. The molecule has 0 atom stereocenters. The van der Waals surface area contributed by atoms with Gasteiger partial charge in [0.05, 0.1) is 7.11 Å². The summed E-state index contributed by atoms with van der Waals surface area (Å²) in [4.78, 5) is 38.3. The number of aromatic amines is 2. The molecule has 0 unspecified atom stereocenters. The van der Waals surface area contributed by atoms with E-state index in [1.807, 2.05) is 6.92 Å². The number of amides is 1. The molecule has 0 bridgehead atoms. The molecule has 100 valence electrons. The van der Waals surface area contributed by atoms with Crippen molar-refractivity contribution in [2.24, 2.45) is 0 Å². The summed E-state index contributed by atoms with van der Waals surface area (Å²) >= 11 is 0. The number of hydrogen-bond acceptors (Lipinski definition) is 5. The number of H-pyrrole nitrogens is 2. The Kier molecular flexibility index (Phi) is 3.60. The molecule has 0 aromatic carbocycles. The molecule has 0 aliphatic carbocycles. The molecule has 0 aliphatic heterocycles. The number of esters is 1. The minimum absolute atomic E-state index is 0.0543. The lowest BCUT2D eigenvalue weighted by Crippen LogP contribution is -2.32. The van der Waals surface area contributed by atoms with E-state index in [0.29, 0.717) is 12.5 Å². The second kappa shape index (κ2) is 5.34. The molecular formula is C11H13N5O3. The van der Waals surface area contributed by atoms with Crippen LogP contribution in [-0.4, -0.2) is 45.5 Å². The first-order chi connectivity index (χ1) is 9.17. The Morgan fingerprint density at radius 1 is 1.42 bits per heavy atom. The average molecular weight is 263 g/mol. The lowest BCUT2D eigenvalue weighted by atomic mass is 10.4. The topological polar surface area (TPSA) is 104 Å². The van der Waals surface area contributed by atoms with Crippen LogP contribution in [0.1, 0.15) is 28.0 Å². The molecule has 2 N–H and O–H groups in total. The minimum atomic E-state index is -0.601. The molecule has 0 aliphatic rings. The number of aromatic nitrogens is 4. The van der Waals surface area contributed by atoms with Gasteiger partial charge < -0.3 is 14.7 Å². The number of methoxy groups -OCH3 is 1. The summed E-state index contributed by atoms with van der Waals surface area (Å²) in [6.07, 6.45) is 4.50. The van der Waals surface area contributed by atoms with Gasteiger partial charge >= 0.3 is 5.97 Å². The average Bonchev–Trinajstić information content (AvgIpc) is 3.09. The Morgan fingerprint density at radius 3 is 2.79 bits per heavy atom. The molecule has 2 aromatic rings. The second-order valence-electron chi connectivity index (χ2n) is 3.59. The van der Waals surface area contributed by atoms with Gasteiger partial charge in [-0.05, 0) is 6.92 Å². The molecule has 0 spiro atoms. The van der Waals surface area contributed by atoms with Crippen LogP contribution in [0.3, 0.4) is 0 Å². The Labute approximate surface area is 108 Å². The van der Waals surface area contributed by atoms with E-state index in [2.05, 4.69) is 24.7 Å². The molecule has 19 heavy (non-hydrogen) atoms. The van der Waals surface area contributed by atoms with Crippen LogP contribution < -0.4 is 4.90 Å². The van der Waals surface area contributed by atoms with Crippen molar-refractivity contribution in [3.8, 4) is 0 Å². The molecule has 1 amide bonds. The van der Waals surface area contributed by atoms with E-state index < -0.39 is 5.97 Å². The summed E-state index contributed by atoms with van der Waals surface area (Å²) in [6.45, 7) is 2.23. The van der Waals surface area contributed by atoms with E-state index >= 15 is 0 Å². The fourth-order valence-electron chi connectivity index (χ4n) is 1.56. The van der Waals surface area contributed by atoms with Crippen LogP contribution in [-0.2, 0) is 4.74 Å². The zero-order valence-corrected chi connectivity index (χ0v) is 10.5. The Balaban J connectivity index is 2.23. The molecule has 2 aromatic heterocycles. The van der Waals surface area contributed by atoms with Gasteiger partial charge in [0.15, 0.2) is 11.5 Å². The summed E-state index contributed by atoms with van der Waals surface area (Å²) in [5.41, 5.74) is 0.0568.